The van der Waals surface area contributed by atoms with Crippen molar-refractivity contribution < 1.29 is 8.42 Å². The van der Waals surface area contributed by atoms with Crippen LogP contribution in [0.2, 0.25) is 0 Å². The maximum atomic E-state index is 13.2. The van der Waals surface area contributed by atoms with Gasteiger partial charge in [0.1, 0.15) is 0 Å². The molecule has 4 rings (SSSR count). The van der Waals surface area contributed by atoms with Crippen molar-refractivity contribution in [3.63, 3.8) is 0 Å². The van der Waals surface area contributed by atoms with E-state index in [1.54, 1.807) is 18.5 Å². The minimum absolute atomic E-state index is 0.325. The van der Waals surface area contributed by atoms with Crippen LogP contribution in [0.4, 0.5) is 5.69 Å². The van der Waals surface area contributed by atoms with E-state index in [1.165, 1.54) is 6.42 Å². The lowest BCUT2D eigenvalue weighted by molar-refractivity contribution is 0.565. The summed E-state index contributed by atoms with van der Waals surface area (Å²) in [5.74, 6) is 1.15. The highest BCUT2D eigenvalue weighted by atomic mass is 79.9. The molecule has 2 aliphatic heterocycles. The Morgan fingerprint density at radius 1 is 1.41 bits per heavy atom. The molecule has 0 amide bonds. The van der Waals surface area contributed by atoms with E-state index in [9.17, 15) is 8.42 Å². The van der Waals surface area contributed by atoms with Crippen molar-refractivity contribution in [3.05, 3.63) is 51.8 Å². The molecule has 0 aliphatic carbocycles. The molecule has 1 aromatic heterocycles. The number of hydrogen-bond acceptors (Lipinski definition) is 5. The number of anilines is 1. The minimum Gasteiger partial charge on any atom is -0.366 e. The molecular weight excluding hydrogens is 470 g/mol. The first-order valence-corrected chi connectivity index (χ1v) is 13.3. The van der Waals surface area contributed by atoms with Crippen molar-refractivity contribution in [2.75, 3.05) is 17.2 Å². The van der Waals surface area contributed by atoms with Gasteiger partial charge in [-0.2, -0.15) is 11.8 Å². The average Bonchev–Trinajstić information content (AvgIpc) is 3.32. The smallest absolute Gasteiger partial charge is 0.241 e. The Bertz CT molecular complexity index is 1030. The van der Waals surface area contributed by atoms with Crippen LogP contribution in [0.25, 0.3) is 0 Å². The quantitative estimate of drug-likeness (QED) is 0.641. The fraction of sp³-hybridized carbons (Fsp3) is 0.476. The molecule has 29 heavy (non-hydrogen) atoms. The zero-order chi connectivity index (χ0) is 20.8. The fourth-order valence-electron chi connectivity index (χ4n) is 4.37. The second kappa shape index (κ2) is 8.21. The number of pyridine rings is 1. The third-order valence-corrected chi connectivity index (χ3v) is 9.57. The minimum atomic E-state index is -3.66. The van der Waals surface area contributed by atoms with Crippen LogP contribution in [0.1, 0.15) is 43.0 Å². The Morgan fingerprint density at radius 3 is 2.86 bits per heavy atom. The van der Waals surface area contributed by atoms with Gasteiger partial charge < -0.3 is 4.90 Å². The van der Waals surface area contributed by atoms with Gasteiger partial charge in [-0.25, -0.2) is 13.1 Å². The van der Waals surface area contributed by atoms with E-state index < -0.39 is 10.0 Å². The van der Waals surface area contributed by atoms with Gasteiger partial charge in [-0.15, -0.1) is 0 Å². The normalized spacial score (nSPS) is 22.3. The number of fused-ring (bicyclic) bond motifs is 2. The van der Waals surface area contributed by atoms with Gasteiger partial charge in [-0.1, -0.05) is 6.92 Å². The first kappa shape index (κ1) is 21.2. The van der Waals surface area contributed by atoms with Crippen molar-refractivity contribution in [3.8, 4) is 0 Å². The van der Waals surface area contributed by atoms with Crippen LogP contribution in [0.3, 0.4) is 0 Å². The molecule has 3 atom stereocenters. The van der Waals surface area contributed by atoms with Gasteiger partial charge in [0.05, 0.1) is 10.6 Å². The number of thioether (sulfide) groups is 1. The standard InChI is InChI=1S/C21H26BrN3O2S2/c1-4-15-10-23-6-5-18(15)14(3)24-29(26,27)21-9-19(22)20(7-13(21)2)25-11-17-8-16(25)12-28-17/h5-7,9-10,14,16-17,24H,4,8,11-12H2,1-3H3/t14?,16-,17-/m0/s1. The number of nitrogens with zero attached hydrogens (tertiary/aromatic N) is 2. The van der Waals surface area contributed by atoms with Gasteiger partial charge in [-0.3, -0.25) is 4.98 Å². The predicted molar refractivity (Wildman–Crippen MR) is 123 cm³/mol. The summed E-state index contributed by atoms with van der Waals surface area (Å²) < 4.78 is 30.1. The van der Waals surface area contributed by atoms with Gasteiger partial charge in [0.2, 0.25) is 10.0 Å². The largest absolute Gasteiger partial charge is 0.366 e. The summed E-state index contributed by atoms with van der Waals surface area (Å²) in [5, 5.41) is 0.700. The van der Waals surface area contributed by atoms with Crippen LogP contribution in [-0.2, 0) is 16.4 Å². The molecule has 2 aliphatic rings. The SMILES string of the molecule is CCc1cnccc1C(C)NS(=O)(=O)c1cc(Br)c(N2C[C@@H]3C[C@H]2CS3)cc1C. The zero-order valence-electron chi connectivity index (χ0n) is 16.9. The molecule has 1 aromatic carbocycles. The molecule has 2 saturated heterocycles. The molecule has 1 N–H and O–H groups in total. The Balaban J connectivity index is 1.61. The van der Waals surface area contributed by atoms with Gasteiger partial charge in [0.25, 0.3) is 0 Å². The number of rotatable bonds is 6. The number of aryl methyl sites for hydroxylation is 2. The third-order valence-electron chi connectivity index (χ3n) is 5.86. The summed E-state index contributed by atoms with van der Waals surface area (Å²) >= 11 is 5.69. The maximum Gasteiger partial charge on any atom is 0.241 e. The number of benzene rings is 1. The van der Waals surface area contributed by atoms with Gasteiger partial charge >= 0.3 is 0 Å². The molecule has 0 spiro atoms. The van der Waals surface area contributed by atoms with E-state index in [4.69, 9.17) is 0 Å². The fourth-order valence-corrected chi connectivity index (χ4v) is 8.00. The highest BCUT2D eigenvalue weighted by Crippen LogP contribution is 2.43. The topological polar surface area (TPSA) is 62.3 Å². The van der Waals surface area contributed by atoms with E-state index in [0.29, 0.717) is 16.2 Å². The van der Waals surface area contributed by atoms with Crippen molar-refractivity contribution >= 4 is 43.4 Å². The first-order chi connectivity index (χ1) is 13.8. The number of sulfonamides is 1. The number of halogens is 1. The molecule has 8 heteroatoms. The second-order valence-corrected chi connectivity index (χ2v) is 11.7. The summed E-state index contributed by atoms with van der Waals surface area (Å²) in [6.07, 6.45) is 5.54. The number of aromatic nitrogens is 1. The molecule has 3 heterocycles. The zero-order valence-corrected chi connectivity index (χ0v) is 20.1. The number of hydrogen-bond donors (Lipinski definition) is 1. The lowest BCUT2D eigenvalue weighted by atomic mass is 10.0. The molecule has 1 unspecified atom stereocenters. The molecule has 0 saturated carbocycles. The van der Waals surface area contributed by atoms with Crippen molar-refractivity contribution in [2.24, 2.45) is 0 Å². The monoisotopic (exact) mass is 495 g/mol. The van der Waals surface area contributed by atoms with Gasteiger partial charge in [0.15, 0.2) is 0 Å². The van der Waals surface area contributed by atoms with Crippen LogP contribution in [0.15, 0.2) is 40.0 Å². The Morgan fingerprint density at radius 2 is 2.21 bits per heavy atom. The lowest BCUT2D eigenvalue weighted by Gasteiger charge is -2.30. The summed E-state index contributed by atoms with van der Waals surface area (Å²) in [5.41, 5.74) is 3.89. The van der Waals surface area contributed by atoms with E-state index in [0.717, 1.165) is 45.6 Å². The molecule has 2 bridgehead atoms. The van der Waals surface area contributed by atoms with Gasteiger partial charge in [0, 0.05) is 46.5 Å². The van der Waals surface area contributed by atoms with Crippen LogP contribution in [-0.4, -0.2) is 37.0 Å². The molecular formula is C21H26BrN3O2S2. The molecule has 2 fully saturated rings. The Hall–Kier alpha value is -1.09. The third kappa shape index (κ3) is 4.09. The predicted octanol–water partition coefficient (Wildman–Crippen LogP) is 4.45. The lowest BCUT2D eigenvalue weighted by Crippen LogP contribution is -2.34. The van der Waals surface area contributed by atoms with Gasteiger partial charge in [-0.05, 0) is 77.5 Å². The molecule has 156 valence electrons. The van der Waals surface area contributed by atoms with Crippen LogP contribution >= 0.6 is 27.7 Å². The molecule has 5 nitrogen and oxygen atoms in total. The summed E-state index contributed by atoms with van der Waals surface area (Å²) in [6, 6.07) is 5.88. The second-order valence-electron chi connectivity index (χ2n) is 7.84. The summed E-state index contributed by atoms with van der Waals surface area (Å²) in [7, 11) is -3.66. The summed E-state index contributed by atoms with van der Waals surface area (Å²) in [4.78, 5) is 6.90. The highest BCUT2D eigenvalue weighted by Gasteiger charge is 2.39. The first-order valence-electron chi connectivity index (χ1n) is 9.93. The highest BCUT2D eigenvalue weighted by molar-refractivity contribution is 9.10. The van der Waals surface area contributed by atoms with Crippen molar-refractivity contribution in [2.45, 2.75) is 55.8 Å². The molecule has 0 radical (unpaired) electrons. The Labute approximate surface area is 185 Å². The molecule has 2 aromatic rings. The van der Waals surface area contributed by atoms with E-state index in [-0.39, 0.29) is 6.04 Å². The summed E-state index contributed by atoms with van der Waals surface area (Å²) in [6.45, 7) is 6.84. The van der Waals surface area contributed by atoms with E-state index >= 15 is 0 Å². The van der Waals surface area contributed by atoms with Crippen LogP contribution in [0.5, 0.6) is 0 Å². The van der Waals surface area contributed by atoms with E-state index in [1.807, 2.05) is 44.7 Å². The number of nitrogens with one attached hydrogen (secondary N) is 1. The van der Waals surface area contributed by atoms with Crippen LogP contribution < -0.4 is 9.62 Å². The van der Waals surface area contributed by atoms with Crippen LogP contribution in [0, 0.1) is 6.92 Å². The van der Waals surface area contributed by atoms with E-state index in [2.05, 4.69) is 30.5 Å². The van der Waals surface area contributed by atoms with Crippen molar-refractivity contribution in [1.82, 2.24) is 9.71 Å². The average molecular weight is 496 g/mol. The van der Waals surface area contributed by atoms with Crippen molar-refractivity contribution in [1.29, 1.82) is 0 Å². The maximum absolute atomic E-state index is 13.2. The Kier molecular flexibility index (Phi) is 5.99.